The van der Waals surface area contributed by atoms with Gasteiger partial charge in [0.05, 0.1) is 18.7 Å². The van der Waals surface area contributed by atoms with Crippen molar-refractivity contribution in [2.45, 2.75) is 109 Å². The van der Waals surface area contributed by atoms with Crippen molar-refractivity contribution in [3.05, 3.63) is 53.1 Å². The molecule has 2 atom stereocenters. The number of nitrogens with one attached hydrogen (secondary N) is 4. The van der Waals surface area contributed by atoms with Gasteiger partial charge in [0, 0.05) is 18.6 Å². The van der Waals surface area contributed by atoms with Crippen molar-refractivity contribution in [3.8, 4) is 0 Å². The van der Waals surface area contributed by atoms with Gasteiger partial charge < -0.3 is 26.0 Å². The minimum atomic E-state index is -4.40. The summed E-state index contributed by atoms with van der Waals surface area (Å²) in [5.74, 6) is -2.08. The second-order valence-electron chi connectivity index (χ2n) is 14.2. The van der Waals surface area contributed by atoms with Crippen LogP contribution in [0.5, 0.6) is 0 Å². The summed E-state index contributed by atoms with van der Waals surface area (Å²) in [5, 5.41) is 17.3. The number of likely N-dealkylation sites (tertiary alicyclic amines) is 1. The maximum absolute atomic E-state index is 13.3. The summed E-state index contributed by atoms with van der Waals surface area (Å²) in [6, 6.07) is 3.05. The molecule has 16 heteroatoms. The van der Waals surface area contributed by atoms with Crippen molar-refractivity contribution in [3.63, 3.8) is 0 Å². The van der Waals surface area contributed by atoms with Gasteiger partial charge in [-0.15, -0.1) is 6.58 Å². The van der Waals surface area contributed by atoms with Crippen LogP contribution in [0.2, 0.25) is 0 Å². The first-order valence-corrected chi connectivity index (χ1v) is 18.1. The first-order chi connectivity index (χ1) is 23.4. The standard InChI is InChI=1S/C34H48N6O9S/c1-22(2)18-26(29(42)38-50(47,48)49-34(5)15-16-34)36-30(43)27-13-9-17-40(27)28(41)19-35-31(44)37-33(3,4)14-7-6-10-23-11-8-12-24-20-39(32(45)46)21-25(23)24/h6,8,10-12,26-27H,1,7,9,13-21H2,2-5H3,(H,36,43)(H,38,42)(H,45,46)(H2,35,37,44). The Kier molecular flexibility index (Phi) is 12.0. The van der Waals surface area contributed by atoms with Gasteiger partial charge in [-0.25, -0.2) is 18.5 Å². The molecular weight excluding hydrogens is 668 g/mol. The van der Waals surface area contributed by atoms with E-state index in [2.05, 4.69) is 22.5 Å². The lowest BCUT2D eigenvalue weighted by Gasteiger charge is -2.28. The van der Waals surface area contributed by atoms with Crippen LogP contribution in [0, 0.1) is 0 Å². The van der Waals surface area contributed by atoms with E-state index in [-0.39, 0.29) is 19.5 Å². The lowest BCUT2D eigenvalue weighted by atomic mass is 9.97. The van der Waals surface area contributed by atoms with Gasteiger partial charge in [0.25, 0.3) is 5.91 Å². The van der Waals surface area contributed by atoms with Gasteiger partial charge in [0.1, 0.15) is 12.1 Å². The van der Waals surface area contributed by atoms with Crippen LogP contribution < -0.4 is 20.7 Å². The van der Waals surface area contributed by atoms with Gasteiger partial charge in [-0.3, -0.25) is 19.3 Å². The second-order valence-corrected chi connectivity index (χ2v) is 15.5. The highest BCUT2D eigenvalue weighted by molar-refractivity contribution is 7.85. The fraction of sp³-hybridized carbons (Fsp3) is 0.559. The molecule has 274 valence electrons. The molecule has 1 saturated heterocycles. The SMILES string of the molecule is C=C(C)CC(NC(=O)C1CCCN1C(=O)CNC(=O)NC(C)(C)CCC=Cc1cccc2c1CN(C(=O)O)C2)C(=O)NS(=O)(=O)OC1(C)CC1. The molecule has 15 nitrogen and oxygen atoms in total. The molecule has 50 heavy (non-hydrogen) atoms. The summed E-state index contributed by atoms with van der Waals surface area (Å²) in [7, 11) is -4.40. The smallest absolute Gasteiger partial charge is 0.407 e. The molecule has 0 bridgehead atoms. The number of rotatable bonds is 15. The number of urea groups is 1. The Labute approximate surface area is 293 Å². The van der Waals surface area contributed by atoms with Gasteiger partial charge in [0.15, 0.2) is 0 Å². The molecule has 6 amide bonds. The Hall–Kier alpha value is -4.44. The Balaban J connectivity index is 1.24. The molecule has 1 aromatic carbocycles. The highest BCUT2D eigenvalue weighted by Crippen LogP contribution is 2.39. The predicted molar refractivity (Wildman–Crippen MR) is 184 cm³/mol. The summed E-state index contributed by atoms with van der Waals surface area (Å²) in [4.78, 5) is 66.1. The zero-order valence-electron chi connectivity index (χ0n) is 29.0. The van der Waals surface area contributed by atoms with E-state index in [1.807, 2.05) is 48.9 Å². The van der Waals surface area contributed by atoms with Crippen LogP contribution in [0.3, 0.4) is 0 Å². The molecule has 2 fully saturated rings. The number of fused-ring (bicyclic) bond motifs is 1. The highest BCUT2D eigenvalue weighted by Gasteiger charge is 2.44. The van der Waals surface area contributed by atoms with Crippen molar-refractivity contribution < 1.29 is 41.7 Å². The molecule has 1 aromatic rings. The normalized spacial score (nSPS) is 18.7. The minimum Gasteiger partial charge on any atom is -0.465 e. The average Bonchev–Trinajstić information content (AvgIpc) is 3.38. The molecule has 1 saturated carbocycles. The number of amides is 6. The third kappa shape index (κ3) is 10.8. The number of carboxylic acid groups (broad SMARTS) is 1. The number of benzene rings is 1. The number of nitrogens with zero attached hydrogens (tertiary/aromatic N) is 2. The Morgan fingerprint density at radius 1 is 1.18 bits per heavy atom. The van der Waals surface area contributed by atoms with Gasteiger partial charge in [-0.2, -0.15) is 8.42 Å². The molecule has 2 heterocycles. The van der Waals surface area contributed by atoms with E-state index in [1.54, 1.807) is 13.8 Å². The average molecular weight is 717 g/mol. The molecular formula is C34H48N6O9S. The van der Waals surface area contributed by atoms with E-state index in [4.69, 9.17) is 4.18 Å². The second kappa shape index (κ2) is 15.6. The van der Waals surface area contributed by atoms with Crippen LogP contribution in [0.4, 0.5) is 9.59 Å². The monoisotopic (exact) mass is 716 g/mol. The van der Waals surface area contributed by atoms with Crippen molar-refractivity contribution >= 4 is 46.2 Å². The van der Waals surface area contributed by atoms with E-state index < -0.39 is 63.4 Å². The number of carbonyl (C=O) groups is 5. The molecule has 2 unspecified atom stereocenters. The number of allylic oxidation sites excluding steroid dienone is 1. The Morgan fingerprint density at radius 3 is 2.56 bits per heavy atom. The van der Waals surface area contributed by atoms with Gasteiger partial charge in [-0.05, 0) is 89.3 Å². The zero-order valence-corrected chi connectivity index (χ0v) is 29.9. The van der Waals surface area contributed by atoms with Crippen molar-refractivity contribution in [2.75, 3.05) is 13.1 Å². The lowest BCUT2D eigenvalue weighted by Crippen LogP contribution is -2.55. The maximum Gasteiger partial charge on any atom is 0.407 e. The van der Waals surface area contributed by atoms with Crippen LogP contribution in [0.1, 0.15) is 89.3 Å². The molecule has 3 aliphatic rings. The summed E-state index contributed by atoms with van der Waals surface area (Å²) < 4.78 is 31.6. The number of hydrogen-bond donors (Lipinski definition) is 5. The van der Waals surface area contributed by atoms with Gasteiger partial charge in [0.2, 0.25) is 11.8 Å². The molecule has 1 aliphatic carbocycles. The van der Waals surface area contributed by atoms with Crippen LogP contribution in [0.25, 0.3) is 6.08 Å². The highest BCUT2D eigenvalue weighted by atomic mass is 32.2. The zero-order chi connectivity index (χ0) is 36.9. The van der Waals surface area contributed by atoms with E-state index in [0.29, 0.717) is 57.2 Å². The topological polar surface area (TPSA) is 204 Å². The van der Waals surface area contributed by atoms with Crippen LogP contribution >= 0.6 is 0 Å². The van der Waals surface area contributed by atoms with Crippen molar-refractivity contribution in [1.29, 1.82) is 0 Å². The molecule has 2 aliphatic heterocycles. The van der Waals surface area contributed by atoms with Crippen molar-refractivity contribution in [1.82, 2.24) is 30.5 Å². The Bertz CT molecular complexity index is 1650. The van der Waals surface area contributed by atoms with Crippen LogP contribution in [-0.4, -0.2) is 89.5 Å². The van der Waals surface area contributed by atoms with E-state index in [9.17, 15) is 37.5 Å². The molecule has 5 N–H and O–H groups in total. The first-order valence-electron chi connectivity index (χ1n) is 16.7. The van der Waals surface area contributed by atoms with Gasteiger partial charge >= 0.3 is 22.4 Å². The number of hydrogen-bond acceptors (Lipinski definition) is 8. The molecule has 0 aromatic heterocycles. The van der Waals surface area contributed by atoms with Crippen molar-refractivity contribution in [2.24, 2.45) is 0 Å². The fourth-order valence-corrected chi connectivity index (χ4v) is 7.09. The quantitative estimate of drug-likeness (QED) is 0.169. The van der Waals surface area contributed by atoms with Gasteiger partial charge in [-0.1, -0.05) is 35.9 Å². The minimum absolute atomic E-state index is 0.0297. The molecule has 4 rings (SSSR count). The number of carbonyl (C=O) groups excluding carboxylic acids is 4. The summed E-state index contributed by atoms with van der Waals surface area (Å²) >= 11 is 0. The van der Waals surface area contributed by atoms with E-state index in [1.165, 1.54) is 9.80 Å². The fourth-order valence-electron chi connectivity index (χ4n) is 5.97. The predicted octanol–water partition coefficient (Wildman–Crippen LogP) is 2.92. The van der Waals surface area contributed by atoms with Crippen LogP contribution in [0.15, 0.2) is 36.4 Å². The summed E-state index contributed by atoms with van der Waals surface area (Å²) in [6.45, 7) is 11.4. The molecule has 0 spiro atoms. The third-order valence-electron chi connectivity index (χ3n) is 8.93. The lowest BCUT2D eigenvalue weighted by molar-refractivity contribution is -0.138. The first kappa shape index (κ1) is 38.4. The summed E-state index contributed by atoms with van der Waals surface area (Å²) in [6.07, 6.45) is 6.11. The largest absolute Gasteiger partial charge is 0.465 e. The third-order valence-corrected chi connectivity index (χ3v) is 10.0. The Morgan fingerprint density at radius 2 is 1.90 bits per heavy atom. The van der Waals surface area contributed by atoms with Crippen LogP contribution in [-0.2, 0) is 42.0 Å². The molecule has 0 radical (unpaired) electrons. The maximum atomic E-state index is 13.3. The van der Waals surface area contributed by atoms with E-state index in [0.717, 1.165) is 16.7 Å². The summed E-state index contributed by atoms with van der Waals surface area (Å²) in [5.41, 5.74) is 1.99. The van der Waals surface area contributed by atoms with E-state index >= 15 is 0 Å².